The molecule has 3 unspecified atom stereocenters. The quantitative estimate of drug-likeness (QED) is 0.696. The van der Waals surface area contributed by atoms with Crippen LogP contribution in [0.2, 0.25) is 0 Å². The number of rotatable bonds is 3. The molecule has 2 aliphatic carbocycles. The Labute approximate surface area is 73.9 Å². The fourth-order valence-corrected chi connectivity index (χ4v) is 2.99. The zero-order valence-electron chi connectivity index (χ0n) is 7.75. The Morgan fingerprint density at radius 2 is 2.33 bits per heavy atom. The van der Waals surface area contributed by atoms with E-state index in [-0.39, 0.29) is 5.60 Å². The molecule has 3 atom stereocenters. The zero-order valence-corrected chi connectivity index (χ0v) is 7.75. The predicted molar refractivity (Wildman–Crippen MR) is 46.9 cm³/mol. The highest BCUT2D eigenvalue weighted by Gasteiger charge is 2.65. The summed E-state index contributed by atoms with van der Waals surface area (Å²) in [5.41, 5.74) is 0.113. The minimum Gasteiger partial charge on any atom is -0.396 e. The van der Waals surface area contributed by atoms with Crippen LogP contribution >= 0.6 is 0 Å². The summed E-state index contributed by atoms with van der Waals surface area (Å²) in [6.07, 6.45) is 5.06. The van der Waals surface area contributed by atoms with Gasteiger partial charge in [-0.2, -0.15) is 0 Å². The molecule has 2 rings (SSSR count). The summed E-state index contributed by atoms with van der Waals surface area (Å²) in [4.78, 5) is 0. The van der Waals surface area contributed by atoms with Gasteiger partial charge in [-0.25, -0.2) is 0 Å². The molecule has 2 nitrogen and oxygen atoms in total. The Kier molecular flexibility index (Phi) is 2.13. The summed E-state index contributed by atoms with van der Waals surface area (Å²) in [7, 11) is 0. The van der Waals surface area contributed by atoms with Crippen LogP contribution < -0.4 is 0 Å². The fourth-order valence-electron chi connectivity index (χ4n) is 2.99. The van der Waals surface area contributed by atoms with Gasteiger partial charge in [0.1, 0.15) is 0 Å². The van der Waals surface area contributed by atoms with Crippen LogP contribution in [-0.4, -0.2) is 23.9 Å². The fraction of sp³-hybridized carbons (Fsp3) is 1.00. The van der Waals surface area contributed by atoms with Crippen molar-refractivity contribution >= 4 is 0 Å². The van der Waals surface area contributed by atoms with Gasteiger partial charge in [0, 0.05) is 19.1 Å². The Hall–Kier alpha value is -0.0800. The number of hydrogen-bond donors (Lipinski definition) is 1. The molecule has 12 heavy (non-hydrogen) atoms. The molecule has 0 saturated heterocycles. The van der Waals surface area contributed by atoms with Gasteiger partial charge >= 0.3 is 0 Å². The van der Waals surface area contributed by atoms with Crippen LogP contribution in [0.25, 0.3) is 0 Å². The third kappa shape index (κ3) is 1.01. The molecule has 2 aliphatic rings. The van der Waals surface area contributed by atoms with Gasteiger partial charge in [0.25, 0.3) is 0 Å². The maximum atomic E-state index is 9.15. The molecule has 2 heteroatoms. The molecule has 1 N–H and O–H groups in total. The van der Waals surface area contributed by atoms with Gasteiger partial charge in [-0.3, -0.25) is 0 Å². The van der Waals surface area contributed by atoms with E-state index in [1.54, 1.807) is 0 Å². The molecule has 0 radical (unpaired) electrons. The van der Waals surface area contributed by atoms with Crippen LogP contribution in [0, 0.1) is 11.8 Å². The first-order valence-corrected chi connectivity index (χ1v) is 5.10. The predicted octanol–water partition coefficient (Wildman–Crippen LogP) is 1.57. The molecule has 0 bridgehead atoms. The number of aliphatic hydroxyl groups is 1. The Bertz CT molecular complexity index is 159. The van der Waals surface area contributed by atoms with E-state index in [0.717, 1.165) is 6.61 Å². The number of fused-ring (bicyclic) bond motifs is 1. The van der Waals surface area contributed by atoms with Gasteiger partial charge in [0.15, 0.2) is 0 Å². The minimum absolute atomic E-state index is 0.113. The lowest BCUT2D eigenvalue weighted by molar-refractivity contribution is -0.00194. The lowest BCUT2D eigenvalue weighted by Gasteiger charge is -2.21. The van der Waals surface area contributed by atoms with Gasteiger partial charge in [-0.05, 0) is 25.7 Å². The summed E-state index contributed by atoms with van der Waals surface area (Å²) in [5.74, 6) is 1.14. The Morgan fingerprint density at radius 3 is 3.00 bits per heavy atom. The number of ether oxygens (including phenoxy) is 1. The first-order valence-electron chi connectivity index (χ1n) is 5.10. The number of aliphatic hydroxyl groups excluding tert-OH is 1. The third-order valence-corrected chi connectivity index (χ3v) is 3.57. The summed E-state index contributed by atoms with van der Waals surface area (Å²) in [5, 5.41) is 9.15. The van der Waals surface area contributed by atoms with Gasteiger partial charge in [0.05, 0.1) is 5.60 Å². The van der Waals surface area contributed by atoms with E-state index < -0.39 is 0 Å². The molecule has 2 fully saturated rings. The van der Waals surface area contributed by atoms with Crippen molar-refractivity contribution in [1.82, 2.24) is 0 Å². The smallest absolute Gasteiger partial charge is 0.0768 e. The Morgan fingerprint density at radius 1 is 1.50 bits per heavy atom. The van der Waals surface area contributed by atoms with E-state index in [0.29, 0.717) is 18.4 Å². The molecule has 70 valence electrons. The van der Waals surface area contributed by atoms with E-state index in [1.807, 2.05) is 6.92 Å². The van der Waals surface area contributed by atoms with Crippen molar-refractivity contribution in [2.75, 3.05) is 13.2 Å². The summed E-state index contributed by atoms with van der Waals surface area (Å²) in [6.45, 7) is 3.17. The van der Waals surface area contributed by atoms with Crippen LogP contribution in [0.3, 0.4) is 0 Å². The van der Waals surface area contributed by atoms with Crippen molar-refractivity contribution in [2.45, 2.75) is 38.2 Å². The normalized spacial score (nSPS) is 45.5. The second kappa shape index (κ2) is 3.00. The highest BCUT2D eigenvalue weighted by molar-refractivity contribution is 5.14. The summed E-state index contributed by atoms with van der Waals surface area (Å²) >= 11 is 0. The molecule has 0 spiro atoms. The van der Waals surface area contributed by atoms with Crippen LogP contribution in [0.5, 0.6) is 0 Å². The molecule has 0 aromatic heterocycles. The number of hydrogen-bond acceptors (Lipinski definition) is 2. The van der Waals surface area contributed by atoms with Gasteiger partial charge < -0.3 is 9.84 Å². The lowest BCUT2D eigenvalue weighted by Crippen LogP contribution is -2.22. The third-order valence-electron chi connectivity index (χ3n) is 3.57. The topological polar surface area (TPSA) is 29.5 Å². The van der Waals surface area contributed by atoms with Crippen molar-refractivity contribution in [3.63, 3.8) is 0 Å². The summed E-state index contributed by atoms with van der Waals surface area (Å²) < 4.78 is 5.79. The minimum atomic E-state index is 0.113. The van der Waals surface area contributed by atoms with Crippen molar-refractivity contribution < 1.29 is 9.84 Å². The molecule has 0 heterocycles. The summed E-state index contributed by atoms with van der Waals surface area (Å²) in [6, 6.07) is 0. The average molecular weight is 170 g/mol. The molecule has 0 aromatic rings. The van der Waals surface area contributed by atoms with Crippen molar-refractivity contribution in [3.8, 4) is 0 Å². The van der Waals surface area contributed by atoms with Crippen molar-refractivity contribution in [1.29, 1.82) is 0 Å². The van der Waals surface area contributed by atoms with Crippen LogP contribution in [0.15, 0.2) is 0 Å². The Balaban J connectivity index is 2.02. The second-order valence-corrected chi connectivity index (χ2v) is 4.03. The molecule has 2 saturated carbocycles. The van der Waals surface area contributed by atoms with Crippen molar-refractivity contribution in [3.05, 3.63) is 0 Å². The van der Waals surface area contributed by atoms with E-state index in [4.69, 9.17) is 9.84 Å². The van der Waals surface area contributed by atoms with E-state index in [2.05, 4.69) is 0 Å². The van der Waals surface area contributed by atoms with Crippen LogP contribution in [-0.2, 0) is 4.74 Å². The van der Waals surface area contributed by atoms with E-state index in [1.165, 1.54) is 25.7 Å². The lowest BCUT2D eigenvalue weighted by atomic mass is 9.98. The monoisotopic (exact) mass is 170 g/mol. The maximum Gasteiger partial charge on any atom is 0.0768 e. The van der Waals surface area contributed by atoms with Gasteiger partial charge in [-0.15, -0.1) is 0 Å². The molecule has 0 aromatic carbocycles. The van der Waals surface area contributed by atoms with Gasteiger partial charge in [-0.1, -0.05) is 12.8 Å². The molecule has 0 amide bonds. The van der Waals surface area contributed by atoms with Gasteiger partial charge in [0.2, 0.25) is 0 Å². The second-order valence-electron chi connectivity index (χ2n) is 4.03. The van der Waals surface area contributed by atoms with Crippen LogP contribution in [0.1, 0.15) is 32.6 Å². The highest BCUT2D eigenvalue weighted by atomic mass is 16.5. The molecule has 0 aliphatic heterocycles. The standard InChI is InChI=1S/C10H18O2/c1-2-12-10-6-4-3-5-8(10)9(10)7-11/h8-9,11H,2-7H2,1H3. The SMILES string of the molecule is CCOC12CCCCC1C2CO. The first kappa shape index (κ1) is 8.52. The molecular weight excluding hydrogens is 152 g/mol. The first-order chi connectivity index (χ1) is 5.85. The van der Waals surface area contributed by atoms with E-state index in [9.17, 15) is 0 Å². The highest BCUT2D eigenvalue weighted by Crippen LogP contribution is 2.61. The van der Waals surface area contributed by atoms with Crippen molar-refractivity contribution in [2.24, 2.45) is 11.8 Å². The largest absolute Gasteiger partial charge is 0.396 e. The molecular formula is C10H18O2. The van der Waals surface area contributed by atoms with Crippen LogP contribution in [0.4, 0.5) is 0 Å². The maximum absolute atomic E-state index is 9.15. The zero-order chi connectivity index (χ0) is 8.60. The average Bonchev–Trinajstić information content (AvgIpc) is 2.73. The van der Waals surface area contributed by atoms with E-state index >= 15 is 0 Å².